The van der Waals surface area contributed by atoms with Crippen LogP contribution in [-0.2, 0) is 23.9 Å². The average Bonchev–Trinajstić information content (AvgIpc) is 3.37. The minimum atomic E-state index is -5.08. The van der Waals surface area contributed by atoms with E-state index < -0.39 is 42.3 Å². The molecule has 19 heteroatoms. The van der Waals surface area contributed by atoms with Gasteiger partial charge in [0.25, 0.3) is 0 Å². The lowest BCUT2D eigenvalue weighted by atomic mass is 10.1. The molecule has 0 radical (unpaired) electrons. The summed E-state index contributed by atoms with van der Waals surface area (Å²) in [6.07, 6.45) is -3.44. The number of alkyl halides is 6. The molecule has 1 aliphatic heterocycles. The Balaban J connectivity index is 0.00000114. The first kappa shape index (κ1) is 41.8. The number of hydrogen-bond acceptors (Lipinski definition) is 10. The van der Waals surface area contributed by atoms with E-state index in [9.17, 15) is 35.9 Å². The maximum absolute atomic E-state index is 13.1. The van der Waals surface area contributed by atoms with E-state index in [2.05, 4.69) is 17.9 Å². The van der Waals surface area contributed by atoms with E-state index in [1.807, 2.05) is 53.6 Å². The van der Waals surface area contributed by atoms with E-state index in [1.165, 1.54) is 7.11 Å². The molecule has 0 aromatic heterocycles. The molecule has 1 heterocycles. The van der Waals surface area contributed by atoms with Gasteiger partial charge in [-0.05, 0) is 30.6 Å². The number of amides is 1. The van der Waals surface area contributed by atoms with Crippen LogP contribution in [0.5, 0.6) is 5.75 Å². The van der Waals surface area contributed by atoms with E-state index in [0.717, 1.165) is 11.5 Å². The molecule has 1 saturated heterocycles. The number of esters is 1. The highest BCUT2D eigenvalue weighted by molar-refractivity contribution is 7.98. The zero-order valence-electron chi connectivity index (χ0n) is 24.1. The number of carboxylic acids is 2. The van der Waals surface area contributed by atoms with E-state index >= 15 is 0 Å². The van der Waals surface area contributed by atoms with Crippen LogP contribution >= 0.6 is 24.4 Å². The van der Waals surface area contributed by atoms with Crippen molar-refractivity contribution in [3.63, 3.8) is 0 Å². The van der Waals surface area contributed by atoms with Gasteiger partial charge in [-0.15, -0.1) is 0 Å². The second-order valence-electron chi connectivity index (χ2n) is 9.00. The van der Waals surface area contributed by atoms with Crippen molar-refractivity contribution in [1.29, 1.82) is 0 Å². The highest BCUT2D eigenvalue weighted by atomic mass is 32.2. The number of nitrogens with one attached hydrogen (secondary N) is 1. The fraction of sp³-hybridized carbons (Fsp3) is 0.538. The second kappa shape index (κ2) is 20.8. The van der Waals surface area contributed by atoms with Crippen molar-refractivity contribution >= 4 is 48.2 Å². The second-order valence-corrected chi connectivity index (χ2v) is 10.4. The maximum atomic E-state index is 13.1. The SMILES string of the molecule is COC(=O)[C@H](CCSC)NC(=O)[C@@H]1C[C@@H](Oc2ccccc2)CN1C/C=C/[C@@H](N)CS.O=C(O)C(F)(F)F.O=C(O)C(F)(F)F. The number of rotatable bonds is 12. The first-order valence-electron chi connectivity index (χ1n) is 12.8. The fourth-order valence-electron chi connectivity index (χ4n) is 3.44. The van der Waals surface area contributed by atoms with Crippen LogP contribution in [0.2, 0.25) is 0 Å². The summed E-state index contributed by atoms with van der Waals surface area (Å²) in [6, 6.07) is 8.37. The Morgan fingerprint density at radius 2 is 1.64 bits per heavy atom. The number of para-hydroxylation sites is 1. The zero-order valence-corrected chi connectivity index (χ0v) is 25.8. The van der Waals surface area contributed by atoms with E-state index in [1.54, 1.807) is 11.8 Å². The van der Waals surface area contributed by atoms with Crippen LogP contribution in [0.4, 0.5) is 26.3 Å². The van der Waals surface area contributed by atoms with Gasteiger partial charge in [0.2, 0.25) is 5.91 Å². The lowest BCUT2D eigenvalue weighted by Crippen LogP contribution is -2.50. The number of thioether (sulfide) groups is 1. The van der Waals surface area contributed by atoms with Gasteiger partial charge in [0, 0.05) is 31.3 Å². The summed E-state index contributed by atoms with van der Waals surface area (Å²) in [5.74, 6) is -4.06. The van der Waals surface area contributed by atoms with Gasteiger partial charge in [-0.25, -0.2) is 14.4 Å². The molecule has 1 aliphatic rings. The van der Waals surface area contributed by atoms with Crippen molar-refractivity contribution in [1.82, 2.24) is 10.2 Å². The van der Waals surface area contributed by atoms with Gasteiger partial charge in [-0.2, -0.15) is 50.7 Å². The van der Waals surface area contributed by atoms with Crippen LogP contribution in [0, 0.1) is 0 Å². The molecule has 0 spiro atoms. The average molecular weight is 696 g/mol. The third kappa shape index (κ3) is 17.8. The van der Waals surface area contributed by atoms with Crippen LogP contribution < -0.4 is 15.8 Å². The molecule has 5 N–H and O–H groups in total. The standard InChI is InChI=1S/C22H33N3O4S2.2C2HF3O2/c1-28-22(27)19(10-12-31-2)24-21(26)20-13-18(29-17-8-4-3-5-9-17)14-25(20)11-6-7-16(23)15-30;2*3-2(4,5)1(6)7/h3-9,16,18-20,30H,10-15,23H2,1-2H3,(H,24,26);2*(H,6,7)/b7-6+;;/t16-,18-,19+,20+;;/m1../s1. The number of carboxylic acid groups (broad SMARTS) is 2. The third-order valence-corrected chi connectivity index (χ3v) is 6.61. The van der Waals surface area contributed by atoms with Crippen molar-refractivity contribution in [2.75, 3.05) is 38.0 Å². The molecule has 0 unspecified atom stereocenters. The van der Waals surface area contributed by atoms with Gasteiger partial charge in [-0.1, -0.05) is 30.4 Å². The van der Waals surface area contributed by atoms with E-state index in [4.69, 9.17) is 35.0 Å². The van der Waals surface area contributed by atoms with Crippen LogP contribution in [0.1, 0.15) is 12.8 Å². The molecule has 1 fully saturated rings. The first-order valence-corrected chi connectivity index (χ1v) is 14.9. The normalized spacial score (nSPS) is 18.0. The van der Waals surface area contributed by atoms with Crippen molar-refractivity contribution in [2.45, 2.75) is 49.4 Å². The number of likely N-dealkylation sites (tertiary alicyclic amines) is 1. The van der Waals surface area contributed by atoms with Gasteiger partial charge in [0.1, 0.15) is 17.9 Å². The molecule has 4 atom stereocenters. The largest absolute Gasteiger partial charge is 0.490 e. The topological polar surface area (TPSA) is 168 Å². The first-order chi connectivity index (χ1) is 20.9. The number of nitrogens with two attached hydrogens (primary N) is 1. The highest BCUT2D eigenvalue weighted by Crippen LogP contribution is 2.24. The third-order valence-electron chi connectivity index (χ3n) is 5.55. The van der Waals surface area contributed by atoms with Gasteiger partial charge in [-0.3, -0.25) is 9.69 Å². The Hall–Kier alpha value is -3.16. The smallest absolute Gasteiger partial charge is 0.489 e. The number of nitrogens with zero attached hydrogens (tertiary/aromatic N) is 1. The lowest BCUT2D eigenvalue weighted by Gasteiger charge is -2.24. The molecule has 45 heavy (non-hydrogen) atoms. The molecular weight excluding hydrogens is 660 g/mol. The molecule has 0 aliphatic carbocycles. The number of aliphatic carboxylic acids is 2. The predicted octanol–water partition coefficient (Wildman–Crippen LogP) is 3.00. The molecule has 0 bridgehead atoms. The Bertz CT molecular complexity index is 1070. The number of carbonyl (C=O) groups excluding carboxylic acids is 2. The Morgan fingerprint density at radius 1 is 1.11 bits per heavy atom. The molecule has 0 saturated carbocycles. The van der Waals surface area contributed by atoms with E-state index in [0.29, 0.717) is 31.7 Å². The van der Waals surface area contributed by atoms with Crippen LogP contribution in [-0.4, -0.2) is 113 Å². The van der Waals surface area contributed by atoms with Crippen molar-refractivity contribution in [3.8, 4) is 5.75 Å². The lowest BCUT2D eigenvalue weighted by molar-refractivity contribution is -0.193. The molecule has 256 valence electrons. The zero-order chi connectivity index (χ0) is 34.8. The minimum absolute atomic E-state index is 0.132. The summed E-state index contributed by atoms with van der Waals surface area (Å²) in [4.78, 5) is 45.1. The van der Waals surface area contributed by atoms with Gasteiger partial charge in [0.15, 0.2) is 0 Å². The number of thiol groups is 1. The summed E-state index contributed by atoms with van der Waals surface area (Å²) >= 11 is 5.81. The number of hydrogen-bond donors (Lipinski definition) is 5. The van der Waals surface area contributed by atoms with Crippen LogP contribution in [0.3, 0.4) is 0 Å². The van der Waals surface area contributed by atoms with Crippen LogP contribution in [0.25, 0.3) is 0 Å². The Morgan fingerprint density at radius 3 is 2.09 bits per heavy atom. The number of carbonyl (C=O) groups is 4. The number of benzene rings is 1. The molecule has 2 rings (SSSR count). The molecular formula is C26H35F6N3O8S2. The predicted molar refractivity (Wildman–Crippen MR) is 156 cm³/mol. The number of halogens is 6. The van der Waals surface area contributed by atoms with Crippen LogP contribution in [0.15, 0.2) is 42.5 Å². The van der Waals surface area contributed by atoms with Gasteiger partial charge < -0.3 is 30.7 Å². The Labute approximate surface area is 264 Å². The van der Waals surface area contributed by atoms with E-state index in [-0.39, 0.29) is 18.1 Å². The van der Waals surface area contributed by atoms with Gasteiger partial charge in [0.05, 0.1) is 13.2 Å². The summed E-state index contributed by atoms with van der Waals surface area (Å²) in [5, 5.41) is 17.1. The quantitative estimate of drug-likeness (QED) is 0.0944. The summed E-state index contributed by atoms with van der Waals surface area (Å²) in [6.45, 7) is 1.16. The minimum Gasteiger partial charge on any atom is -0.489 e. The van der Waals surface area contributed by atoms with Gasteiger partial charge >= 0.3 is 30.3 Å². The van der Waals surface area contributed by atoms with Crippen molar-refractivity contribution in [3.05, 3.63) is 42.5 Å². The molecule has 11 nitrogen and oxygen atoms in total. The fourth-order valence-corrected chi connectivity index (χ4v) is 4.03. The molecule has 1 amide bonds. The number of ether oxygens (including phenoxy) is 2. The monoisotopic (exact) mass is 695 g/mol. The summed E-state index contributed by atoms with van der Waals surface area (Å²) < 4.78 is 74.4. The Kier molecular flexibility index (Phi) is 19.3. The molecule has 1 aromatic rings. The summed E-state index contributed by atoms with van der Waals surface area (Å²) in [5.41, 5.74) is 5.90. The summed E-state index contributed by atoms with van der Waals surface area (Å²) in [7, 11) is 1.33. The highest BCUT2D eigenvalue weighted by Gasteiger charge is 2.40. The number of methoxy groups -OCH3 is 1. The molecule has 1 aromatic carbocycles. The van der Waals surface area contributed by atoms with Crippen molar-refractivity contribution in [2.24, 2.45) is 5.73 Å². The van der Waals surface area contributed by atoms with Crippen molar-refractivity contribution < 1.29 is 65.2 Å². The maximum Gasteiger partial charge on any atom is 0.490 e.